The fraction of sp³-hybridized carbons (Fsp3) is 0.111. The molecule has 1 aromatic carbocycles. The molecule has 0 spiro atoms. The van der Waals surface area contributed by atoms with Crippen molar-refractivity contribution in [2.24, 2.45) is 5.73 Å². The molecule has 84 valence electrons. The fourth-order valence-electron chi connectivity index (χ4n) is 0.605. The van der Waals surface area contributed by atoms with Gasteiger partial charge in [0.25, 0.3) is 5.97 Å². The number of hydrogen-bond acceptors (Lipinski definition) is 3. The summed E-state index contributed by atoms with van der Waals surface area (Å²) in [6.45, 7) is 1.08. The Morgan fingerprint density at radius 3 is 2.00 bits per heavy atom. The molecule has 0 saturated heterocycles. The van der Waals surface area contributed by atoms with E-state index in [4.69, 9.17) is 15.6 Å². The molecule has 0 bridgehead atoms. The van der Waals surface area contributed by atoms with Gasteiger partial charge in [0.1, 0.15) is 5.75 Å². The van der Waals surface area contributed by atoms with Crippen LogP contribution in [0, 0.1) is 0 Å². The number of ether oxygens (including phenoxy) is 1. The number of nitrogens with two attached hydrogens (primary N) is 1. The van der Waals surface area contributed by atoms with E-state index in [1.807, 2.05) is 6.07 Å². The third kappa shape index (κ3) is 12.2. The minimum absolute atomic E-state index is 0. The first-order valence-corrected chi connectivity index (χ1v) is 3.74. The van der Waals surface area contributed by atoms with Crippen LogP contribution in [0.4, 0.5) is 4.79 Å². The number of amides is 1. The maximum absolute atomic E-state index is 10.2. The van der Waals surface area contributed by atoms with Crippen LogP contribution in [0.15, 0.2) is 30.3 Å². The van der Waals surface area contributed by atoms with E-state index in [1.54, 1.807) is 24.3 Å². The second kappa shape index (κ2) is 8.83. The highest BCUT2D eigenvalue weighted by Gasteiger charge is 1.93. The Morgan fingerprint density at radius 2 is 1.67 bits per heavy atom. The van der Waals surface area contributed by atoms with E-state index < -0.39 is 12.1 Å². The molecular weight excluding hydrogens is 222 g/mol. The van der Waals surface area contributed by atoms with Gasteiger partial charge in [0, 0.05) is 6.92 Å². The lowest BCUT2D eigenvalue weighted by molar-refractivity contribution is -0.134. The summed E-state index contributed by atoms with van der Waals surface area (Å²) in [6.07, 6.45) is -0.786. The van der Waals surface area contributed by atoms with Crippen molar-refractivity contribution in [2.45, 2.75) is 6.92 Å². The summed E-state index contributed by atoms with van der Waals surface area (Å²) in [6, 6.07) is 8.67. The zero-order chi connectivity index (χ0) is 11.0. The van der Waals surface area contributed by atoms with E-state index in [0.717, 1.165) is 6.92 Å². The second-order valence-electron chi connectivity index (χ2n) is 2.25. The smallest absolute Gasteiger partial charge is 0.409 e. The SMILES string of the molecule is CC(=O)O.Cl.NC(=O)Oc1ccccc1. The molecule has 1 aromatic rings. The van der Waals surface area contributed by atoms with Gasteiger partial charge in [0.05, 0.1) is 0 Å². The van der Waals surface area contributed by atoms with Crippen LogP contribution in [0.1, 0.15) is 6.92 Å². The van der Waals surface area contributed by atoms with Gasteiger partial charge >= 0.3 is 6.09 Å². The quantitative estimate of drug-likeness (QED) is 0.772. The van der Waals surface area contributed by atoms with Gasteiger partial charge in [-0.2, -0.15) is 0 Å². The first-order valence-electron chi connectivity index (χ1n) is 3.74. The molecule has 0 radical (unpaired) electrons. The average molecular weight is 234 g/mol. The molecule has 0 fully saturated rings. The van der Waals surface area contributed by atoms with Crippen molar-refractivity contribution in [3.8, 4) is 5.75 Å². The number of carbonyl (C=O) groups excluding carboxylic acids is 1. The van der Waals surface area contributed by atoms with Gasteiger partial charge in [-0.1, -0.05) is 18.2 Å². The molecule has 0 saturated carbocycles. The summed E-state index contributed by atoms with van der Waals surface area (Å²) in [5, 5.41) is 7.42. The van der Waals surface area contributed by atoms with Crippen molar-refractivity contribution in [1.82, 2.24) is 0 Å². The molecular formula is C9H12ClNO4. The van der Waals surface area contributed by atoms with Gasteiger partial charge in [-0.05, 0) is 12.1 Å². The number of carboxylic acid groups (broad SMARTS) is 1. The zero-order valence-corrected chi connectivity index (χ0v) is 8.86. The molecule has 0 aliphatic heterocycles. The Balaban J connectivity index is 0. The van der Waals surface area contributed by atoms with Crippen molar-refractivity contribution >= 4 is 24.5 Å². The number of benzene rings is 1. The Bertz CT molecular complexity index is 298. The summed E-state index contributed by atoms with van der Waals surface area (Å²) < 4.78 is 4.55. The highest BCUT2D eigenvalue weighted by molar-refractivity contribution is 5.85. The van der Waals surface area contributed by atoms with Crippen molar-refractivity contribution in [3.63, 3.8) is 0 Å². The summed E-state index contributed by atoms with van der Waals surface area (Å²) in [4.78, 5) is 19.2. The topological polar surface area (TPSA) is 89.6 Å². The first-order chi connectivity index (χ1) is 6.52. The van der Waals surface area contributed by atoms with Crippen LogP contribution in [0.25, 0.3) is 0 Å². The summed E-state index contributed by atoms with van der Waals surface area (Å²) in [7, 11) is 0. The van der Waals surface area contributed by atoms with E-state index in [0.29, 0.717) is 5.75 Å². The van der Waals surface area contributed by atoms with Crippen molar-refractivity contribution in [3.05, 3.63) is 30.3 Å². The van der Waals surface area contributed by atoms with E-state index in [-0.39, 0.29) is 12.4 Å². The molecule has 0 heterocycles. The molecule has 15 heavy (non-hydrogen) atoms. The van der Waals surface area contributed by atoms with Gasteiger partial charge in [0.2, 0.25) is 0 Å². The molecule has 0 aliphatic carbocycles. The van der Waals surface area contributed by atoms with Crippen molar-refractivity contribution in [2.75, 3.05) is 0 Å². The Hall–Kier alpha value is -1.75. The van der Waals surface area contributed by atoms with E-state index >= 15 is 0 Å². The summed E-state index contributed by atoms with van der Waals surface area (Å²) >= 11 is 0. The number of carbonyl (C=O) groups is 2. The van der Waals surface area contributed by atoms with Crippen LogP contribution in [0.5, 0.6) is 5.75 Å². The number of aliphatic carboxylic acids is 1. The van der Waals surface area contributed by atoms with Gasteiger partial charge in [-0.15, -0.1) is 12.4 Å². The fourth-order valence-corrected chi connectivity index (χ4v) is 0.605. The lowest BCUT2D eigenvalue weighted by Gasteiger charge is -1.96. The molecule has 3 N–H and O–H groups in total. The highest BCUT2D eigenvalue weighted by Crippen LogP contribution is 2.07. The molecule has 0 aromatic heterocycles. The normalized spacial score (nSPS) is 7.53. The van der Waals surface area contributed by atoms with Gasteiger partial charge in [-0.3, -0.25) is 4.79 Å². The third-order valence-electron chi connectivity index (χ3n) is 0.962. The lowest BCUT2D eigenvalue weighted by atomic mass is 10.3. The standard InChI is InChI=1S/C7H7NO2.C2H4O2.ClH/c8-7(9)10-6-4-2-1-3-5-6;1-2(3)4;/h1-5H,(H2,8,9);1H3,(H,3,4);1H. The molecule has 5 nitrogen and oxygen atoms in total. The summed E-state index contributed by atoms with van der Waals surface area (Å²) in [5.41, 5.74) is 4.76. The number of hydrogen-bond donors (Lipinski definition) is 2. The largest absolute Gasteiger partial charge is 0.481 e. The third-order valence-corrected chi connectivity index (χ3v) is 0.962. The van der Waals surface area contributed by atoms with E-state index in [9.17, 15) is 4.79 Å². The van der Waals surface area contributed by atoms with E-state index in [2.05, 4.69) is 4.74 Å². The number of para-hydroxylation sites is 1. The van der Waals surface area contributed by atoms with Gasteiger partial charge in [0.15, 0.2) is 0 Å². The minimum Gasteiger partial charge on any atom is -0.481 e. The van der Waals surface area contributed by atoms with Gasteiger partial charge in [-0.25, -0.2) is 4.79 Å². The van der Waals surface area contributed by atoms with E-state index in [1.165, 1.54) is 0 Å². The van der Waals surface area contributed by atoms with Crippen LogP contribution in [0.2, 0.25) is 0 Å². The Kier molecular flexibility index (Phi) is 9.25. The maximum Gasteiger partial charge on any atom is 0.409 e. The molecule has 0 unspecified atom stereocenters. The molecule has 1 amide bonds. The second-order valence-corrected chi connectivity index (χ2v) is 2.25. The number of carboxylic acids is 1. The van der Waals surface area contributed by atoms with Crippen LogP contribution in [-0.4, -0.2) is 17.2 Å². The molecule has 6 heteroatoms. The zero-order valence-electron chi connectivity index (χ0n) is 8.04. The number of rotatable bonds is 1. The minimum atomic E-state index is -0.833. The number of primary amides is 1. The van der Waals surface area contributed by atoms with Crippen LogP contribution in [0.3, 0.4) is 0 Å². The number of halogens is 1. The van der Waals surface area contributed by atoms with Crippen LogP contribution < -0.4 is 10.5 Å². The van der Waals surface area contributed by atoms with Crippen molar-refractivity contribution in [1.29, 1.82) is 0 Å². The molecule has 1 rings (SSSR count). The molecule has 0 atom stereocenters. The monoisotopic (exact) mass is 233 g/mol. The predicted molar refractivity (Wildman–Crippen MR) is 57.2 cm³/mol. The lowest BCUT2D eigenvalue weighted by Crippen LogP contribution is -2.15. The predicted octanol–water partition coefficient (Wildman–Crippen LogP) is 1.66. The van der Waals surface area contributed by atoms with Crippen LogP contribution >= 0.6 is 12.4 Å². The first kappa shape index (κ1) is 15.7. The summed E-state index contributed by atoms with van der Waals surface area (Å²) in [5.74, 6) is -0.366. The van der Waals surface area contributed by atoms with Crippen molar-refractivity contribution < 1.29 is 19.4 Å². The average Bonchev–Trinajstić information content (AvgIpc) is 2.03. The maximum atomic E-state index is 10.2. The Morgan fingerprint density at radius 1 is 1.27 bits per heavy atom. The van der Waals surface area contributed by atoms with Crippen LogP contribution in [-0.2, 0) is 4.79 Å². The van der Waals surface area contributed by atoms with Gasteiger partial charge < -0.3 is 15.6 Å². The highest BCUT2D eigenvalue weighted by atomic mass is 35.5. The molecule has 0 aliphatic rings. The Labute approximate surface area is 93.3 Å².